The Labute approximate surface area is 165 Å². The van der Waals surface area contributed by atoms with E-state index in [1.807, 2.05) is 6.07 Å². The summed E-state index contributed by atoms with van der Waals surface area (Å²) in [6.45, 7) is 0.135. The maximum absolute atomic E-state index is 13.2. The number of fused-ring (bicyclic) bond motifs is 1. The molecular weight excluding hydrogens is 373 g/mol. The molecule has 0 fully saturated rings. The van der Waals surface area contributed by atoms with E-state index in [-0.39, 0.29) is 17.7 Å². The number of nitrogens with one attached hydrogen (secondary N) is 1. The molecule has 0 aliphatic rings. The van der Waals surface area contributed by atoms with Crippen molar-refractivity contribution in [2.45, 2.75) is 6.61 Å². The molecule has 1 N–H and O–H groups in total. The van der Waals surface area contributed by atoms with Crippen molar-refractivity contribution in [3.8, 4) is 5.75 Å². The summed E-state index contributed by atoms with van der Waals surface area (Å²) in [6, 6.07) is 19.0. The van der Waals surface area contributed by atoms with Crippen LogP contribution in [0.4, 0.5) is 10.1 Å². The van der Waals surface area contributed by atoms with Crippen molar-refractivity contribution in [2.24, 2.45) is 0 Å². The highest BCUT2D eigenvalue weighted by molar-refractivity contribution is 6.04. The van der Waals surface area contributed by atoms with Gasteiger partial charge in [0, 0.05) is 23.5 Å². The number of carbonyl (C=O) groups excluding carboxylic acids is 1. The smallest absolute Gasteiger partial charge is 0.258 e. The highest BCUT2D eigenvalue weighted by atomic mass is 19.1. The maximum atomic E-state index is 13.2. The zero-order valence-corrected chi connectivity index (χ0v) is 15.2. The van der Waals surface area contributed by atoms with Gasteiger partial charge in [-0.15, -0.1) is 0 Å². The van der Waals surface area contributed by atoms with E-state index in [1.165, 1.54) is 34.7 Å². The number of ether oxygens (including phenoxy) is 1. The van der Waals surface area contributed by atoms with Gasteiger partial charge in [0.2, 0.25) is 0 Å². The summed E-state index contributed by atoms with van der Waals surface area (Å²) in [5, 5.41) is 2.70. The minimum absolute atomic E-state index is 0.135. The van der Waals surface area contributed by atoms with Gasteiger partial charge in [-0.25, -0.2) is 9.37 Å². The SMILES string of the molecule is O=C(Nc1ccc(OCc2cc(=O)n3ccccc3n2)cc1)c1cccc(F)c1. The Balaban J connectivity index is 1.41. The first-order chi connectivity index (χ1) is 14.1. The maximum Gasteiger partial charge on any atom is 0.258 e. The number of amides is 1. The van der Waals surface area contributed by atoms with E-state index < -0.39 is 11.7 Å². The van der Waals surface area contributed by atoms with Crippen LogP contribution in [0, 0.1) is 5.82 Å². The van der Waals surface area contributed by atoms with Crippen molar-refractivity contribution in [3.05, 3.63) is 106 Å². The van der Waals surface area contributed by atoms with Crippen molar-refractivity contribution in [1.82, 2.24) is 9.38 Å². The largest absolute Gasteiger partial charge is 0.487 e. The number of hydrogen-bond donors (Lipinski definition) is 1. The van der Waals surface area contributed by atoms with E-state index in [0.29, 0.717) is 22.8 Å². The number of anilines is 1. The molecule has 144 valence electrons. The van der Waals surface area contributed by atoms with E-state index >= 15 is 0 Å². The Bertz CT molecular complexity index is 1240. The number of aromatic nitrogens is 2. The first-order valence-electron chi connectivity index (χ1n) is 8.85. The van der Waals surface area contributed by atoms with Crippen LogP contribution in [0.15, 0.2) is 83.8 Å². The summed E-state index contributed by atoms with van der Waals surface area (Å²) < 4.78 is 20.4. The quantitative estimate of drug-likeness (QED) is 0.565. The fraction of sp³-hybridized carbons (Fsp3) is 0.0455. The van der Waals surface area contributed by atoms with Gasteiger partial charge < -0.3 is 10.1 Å². The molecule has 0 saturated heterocycles. The summed E-state index contributed by atoms with van der Waals surface area (Å²) in [6.07, 6.45) is 1.66. The molecule has 1 amide bonds. The molecule has 7 heteroatoms. The van der Waals surface area contributed by atoms with Gasteiger partial charge in [0.25, 0.3) is 11.5 Å². The molecule has 2 aromatic heterocycles. The zero-order valence-electron chi connectivity index (χ0n) is 15.2. The Morgan fingerprint density at radius 2 is 1.86 bits per heavy atom. The summed E-state index contributed by atoms with van der Waals surface area (Å²) in [4.78, 5) is 28.7. The molecule has 4 aromatic rings. The van der Waals surface area contributed by atoms with Crippen LogP contribution in [0.3, 0.4) is 0 Å². The number of hydrogen-bond acceptors (Lipinski definition) is 4. The molecule has 4 rings (SSSR count). The van der Waals surface area contributed by atoms with Crippen molar-refractivity contribution < 1.29 is 13.9 Å². The Morgan fingerprint density at radius 3 is 2.66 bits per heavy atom. The Kier molecular flexibility index (Phi) is 5.03. The van der Waals surface area contributed by atoms with Crippen LogP contribution in [0.1, 0.15) is 16.1 Å². The van der Waals surface area contributed by atoms with Crippen LogP contribution in [0.25, 0.3) is 5.65 Å². The molecule has 2 heterocycles. The first kappa shape index (κ1) is 18.4. The summed E-state index contributed by atoms with van der Waals surface area (Å²) >= 11 is 0. The van der Waals surface area contributed by atoms with Gasteiger partial charge in [0.1, 0.15) is 23.8 Å². The van der Waals surface area contributed by atoms with Gasteiger partial charge in [0.05, 0.1) is 5.69 Å². The van der Waals surface area contributed by atoms with E-state index in [2.05, 4.69) is 10.3 Å². The van der Waals surface area contributed by atoms with Crippen LogP contribution in [0.2, 0.25) is 0 Å². The van der Waals surface area contributed by atoms with E-state index in [1.54, 1.807) is 42.6 Å². The normalized spacial score (nSPS) is 10.7. The van der Waals surface area contributed by atoms with Crippen molar-refractivity contribution in [2.75, 3.05) is 5.32 Å². The van der Waals surface area contributed by atoms with Crippen LogP contribution in [0.5, 0.6) is 5.75 Å². The number of pyridine rings is 1. The highest BCUT2D eigenvalue weighted by Crippen LogP contribution is 2.18. The number of halogens is 1. The van der Waals surface area contributed by atoms with Gasteiger partial charge >= 0.3 is 0 Å². The summed E-state index contributed by atoms with van der Waals surface area (Å²) in [5.74, 6) is -0.314. The second kappa shape index (κ2) is 7.93. The standard InChI is InChI=1S/C22H16FN3O3/c23-16-5-3-4-15(12-16)22(28)25-17-7-9-19(10-8-17)29-14-18-13-21(27)26-11-2-1-6-20(26)24-18/h1-13H,14H2,(H,25,28). The lowest BCUT2D eigenvalue weighted by atomic mass is 10.2. The van der Waals surface area contributed by atoms with E-state index in [9.17, 15) is 14.0 Å². The van der Waals surface area contributed by atoms with Crippen molar-refractivity contribution >= 4 is 17.2 Å². The van der Waals surface area contributed by atoms with Crippen LogP contribution in [-0.2, 0) is 6.61 Å². The van der Waals surface area contributed by atoms with Gasteiger partial charge in [-0.1, -0.05) is 12.1 Å². The number of nitrogens with zero attached hydrogens (tertiary/aromatic N) is 2. The fourth-order valence-electron chi connectivity index (χ4n) is 2.80. The van der Waals surface area contributed by atoms with Gasteiger partial charge in [-0.2, -0.15) is 0 Å². The number of carbonyl (C=O) groups is 1. The molecule has 6 nitrogen and oxygen atoms in total. The molecule has 0 bridgehead atoms. The molecular formula is C22H16FN3O3. The molecule has 0 aliphatic carbocycles. The van der Waals surface area contributed by atoms with Crippen LogP contribution in [-0.4, -0.2) is 15.3 Å². The monoisotopic (exact) mass is 389 g/mol. The van der Waals surface area contributed by atoms with E-state index in [0.717, 1.165) is 0 Å². The average molecular weight is 389 g/mol. The fourth-order valence-corrected chi connectivity index (χ4v) is 2.80. The molecule has 2 aromatic carbocycles. The molecule has 0 radical (unpaired) electrons. The molecule has 0 unspecified atom stereocenters. The molecule has 0 aliphatic heterocycles. The van der Waals surface area contributed by atoms with Crippen LogP contribution >= 0.6 is 0 Å². The highest BCUT2D eigenvalue weighted by Gasteiger charge is 2.07. The third-order valence-corrected chi connectivity index (χ3v) is 4.21. The second-order valence-electron chi connectivity index (χ2n) is 6.29. The minimum atomic E-state index is -0.469. The lowest BCUT2D eigenvalue weighted by Crippen LogP contribution is -2.16. The zero-order chi connectivity index (χ0) is 20.2. The van der Waals surface area contributed by atoms with Crippen molar-refractivity contribution in [1.29, 1.82) is 0 Å². The third-order valence-electron chi connectivity index (χ3n) is 4.21. The van der Waals surface area contributed by atoms with Gasteiger partial charge in [-0.05, 0) is 54.6 Å². The Hall–Kier alpha value is -4.00. The molecule has 0 saturated carbocycles. The third kappa shape index (κ3) is 4.30. The van der Waals surface area contributed by atoms with Crippen LogP contribution < -0.4 is 15.6 Å². The van der Waals surface area contributed by atoms with E-state index in [4.69, 9.17) is 4.74 Å². The predicted molar refractivity (Wildman–Crippen MR) is 107 cm³/mol. The Morgan fingerprint density at radius 1 is 1.03 bits per heavy atom. The first-order valence-corrected chi connectivity index (χ1v) is 8.85. The molecule has 29 heavy (non-hydrogen) atoms. The lowest BCUT2D eigenvalue weighted by molar-refractivity contribution is 0.102. The van der Waals surface area contributed by atoms with Crippen molar-refractivity contribution in [3.63, 3.8) is 0 Å². The molecule has 0 spiro atoms. The topological polar surface area (TPSA) is 72.7 Å². The average Bonchev–Trinajstić information content (AvgIpc) is 2.73. The lowest BCUT2D eigenvalue weighted by Gasteiger charge is -2.09. The minimum Gasteiger partial charge on any atom is -0.487 e. The van der Waals surface area contributed by atoms with Gasteiger partial charge in [0.15, 0.2) is 0 Å². The van der Waals surface area contributed by atoms with Gasteiger partial charge in [-0.3, -0.25) is 14.0 Å². The second-order valence-corrected chi connectivity index (χ2v) is 6.29. The summed E-state index contributed by atoms with van der Waals surface area (Å²) in [5.41, 5.74) is 1.68. The summed E-state index contributed by atoms with van der Waals surface area (Å²) in [7, 11) is 0. The molecule has 0 atom stereocenters. The number of rotatable bonds is 5. The predicted octanol–water partition coefficient (Wildman–Crippen LogP) is 3.66. The number of benzene rings is 2.